The molecule has 6 rings (SSSR count). The first kappa shape index (κ1) is 31.3. The molecule has 0 aliphatic carbocycles. The van der Waals surface area contributed by atoms with Crippen molar-refractivity contribution in [3.63, 3.8) is 0 Å². The fraction of sp³-hybridized carbons (Fsp3) is 0.297. The first-order chi connectivity index (χ1) is 22.6. The molecule has 0 saturated carbocycles. The van der Waals surface area contributed by atoms with Crippen LogP contribution in [0.5, 0.6) is 23.0 Å². The Morgan fingerprint density at radius 1 is 0.609 bits per heavy atom. The molecule has 2 aliphatic rings. The van der Waals surface area contributed by atoms with Crippen molar-refractivity contribution in [1.82, 2.24) is 0 Å². The molecule has 9 heteroatoms. The SMILES string of the molecule is CC(COCCOc1ccc(C=Nc2ccc(OCC3CO3)cc2)cc1)Oc1ccc(C=Nc2ccc(OCC3CO3)cc2)cc1. The summed E-state index contributed by atoms with van der Waals surface area (Å²) in [5.41, 5.74) is 3.68. The van der Waals surface area contributed by atoms with Crippen molar-refractivity contribution in [1.29, 1.82) is 0 Å². The molecule has 2 aliphatic heterocycles. The van der Waals surface area contributed by atoms with Crippen LogP contribution in [0.25, 0.3) is 0 Å². The Kier molecular flexibility index (Phi) is 10.9. The molecule has 0 radical (unpaired) electrons. The van der Waals surface area contributed by atoms with Gasteiger partial charge < -0.3 is 33.2 Å². The normalized spacial score (nSPS) is 17.6. The lowest BCUT2D eigenvalue weighted by atomic mass is 10.2. The maximum atomic E-state index is 5.99. The van der Waals surface area contributed by atoms with Crippen molar-refractivity contribution in [3.8, 4) is 23.0 Å². The molecule has 3 atom stereocenters. The smallest absolute Gasteiger partial charge is 0.119 e. The van der Waals surface area contributed by atoms with Crippen LogP contribution < -0.4 is 18.9 Å². The van der Waals surface area contributed by atoms with E-state index in [9.17, 15) is 0 Å². The molecular weight excluding hydrogens is 584 g/mol. The average molecular weight is 623 g/mol. The van der Waals surface area contributed by atoms with Crippen LogP contribution in [0, 0.1) is 0 Å². The molecule has 9 nitrogen and oxygen atoms in total. The van der Waals surface area contributed by atoms with Crippen LogP contribution in [0.1, 0.15) is 18.1 Å². The minimum atomic E-state index is -0.105. The van der Waals surface area contributed by atoms with Crippen molar-refractivity contribution >= 4 is 23.8 Å². The average Bonchev–Trinajstić information content (AvgIpc) is 4.03. The van der Waals surface area contributed by atoms with Crippen LogP contribution in [-0.4, -0.2) is 77.0 Å². The molecule has 0 bridgehead atoms. The maximum absolute atomic E-state index is 5.99. The Balaban J connectivity index is 0.840. The van der Waals surface area contributed by atoms with Crippen molar-refractivity contribution in [2.24, 2.45) is 9.98 Å². The Morgan fingerprint density at radius 2 is 1.04 bits per heavy atom. The number of hydrogen-bond acceptors (Lipinski definition) is 9. The molecule has 46 heavy (non-hydrogen) atoms. The Labute approximate surface area is 269 Å². The third kappa shape index (κ3) is 10.7. The number of ether oxygens (including phenoxy) is 7. The molecule has 0 N–H and O–H groups in total. The standard InChI is InChI=1S/C37H38N2O7/c1-27(46-35-12-4-29(5-13-35)21-39-31-8-16-34(17-9-31)43-24-37-26-45-37)22-40-18-19-41-32-10-2-28(3-11-32)20-38-30-6-14-33(15-7-30)42-23-36-25-44-36/h2-17,20-21,27,36-37H,18-19,22-26H2,1H3. The van der Waals surface area contributed by atoms with E-state index in [4.69, 9.17) is 33.2 Å². The number of hydrogen-bond donors (Lipinski definition) is 0. The Morgan fingerprint density at radius 3 is 1.52 bits per heavy atom. The van der Waals surface area contributed by atoms with Crippen LogP contribution in [0.15, 0.2) is 107 Å². The van der Waals surface area contributed by atoms with Gasteiger partial charge in [-0.05, 0) is 115 Å². The van der Waals surface area contributed by atoms with Gasteiger partial charge in [0, 0.05) is 12.4 Å². The highest BCUT2D eigenvalue weighted by Gasteiger charge is 2.23. The molecule has 0 spiro atoms. The fourth-order valence-electron chi connectivity index (χ4n) is 4.28. The molecule has 2 fully saturated rings. The summed E-state index contributed by atoms with van der Waals surface area (Å²) in [7, 11) is 0. The lowest BCUT2D eigenvalue weighted by Crippen LogP contribution is -2.21. The minimum absolute atomic E-state index is 0.105. The zero-order valence-electron chi connectivity index (χ0n) is 25.8. The topological polar surface area (TPSA) is 95.9 Å². The van der Waals surface area contributed by atoms with Gasteiger partial charge in [0.15, 0.2) is 0 Å². The highest BCUT2D eigenvalue weighted by molar-refractivity contribution is 5.82. The molecular formula is C37H38N2O7. The van der Waals surface area contributed by atoms with E-state index in [-0.39, 0.29) is 18.3 Å². The summed E-state index contributed by atoms with van der Waals surface area (Å²) in [6, 6.07) is 31.0. The summed E-state index contributed by atoms with van der Waals surface area (Å²) in [6.45, 7) is 6.10. The highest BCUT2D eigenvalue weighted by atomic mass is 16.6. The molecule has 238 valence electrons. The van der Waals surface area contributed by atoms with Gasteiger partial charge in [0.2, 0.25) is 0 Å². The van der Waals surface area contributed by atoms with E-state index in [2.05, 4.69) is 9.98 Å². The van der Waals surface area contributed by atoms with Gasteiger partial charge in [-0.1, -0.05) is 0 Å². The number of epoxide rings is 2. The summed E-state index contributed by atoms with van der Waals surface area (Å²) in [4.78, 5) is 9.08. The van der Waals surface area contributed by atoms with Crippen LogP contribution in [0.3, 0.4) is 0 Å². The van der Waals surface area contributed by atoms with Crippen LogP contribution in [-0.2, 0) is 14.2 Å². The van der Waals surface area contributed by atoms with Gasteiger partial charge in [0.1, 0.15) is 61.1 Å². The Bertz CT molecular complexity index is 1550. The second-order valence-electron chi connectivity index (χ2n) is 11.0. The summed E-state index contributed by atoms with van der Waals surface area (Å²) in [5.74, 6) is 3.19. The van der Waals surface area contributed by atoms with Gasteiger partial charge in [-0.25, -0.2) is 0 Å². The molecule has 3 unspecified atom stereocenters. The second kappa shape index (κ2) is 16.0. The number of benzene rings is 4. The van der Waals surface area contributed by atoms with Gasteiger partial charge >= 0.3 is 0 Å². The van der Waals surface area contributed by atoms with Crippen molar-refractivity contribution < 1.29 is 33.2 Å². The largest absolute Gasteiger partial charge is 0.491 e. The van der Waals surface area contributed by atoms with Crippen molar-refractivity contribution in [2.75, 3.05) is 46.2 Å². The predicted molar refractivity (Wildman–Crippen MR) is 177 cm³/mol. The zero-order chi connectivity index (χ0) is 31.4. The van der Waals surface area contributed by atoms with E-state index in [0.29, 0.717) is 33.0 Å². The molecule has 2 saturated heterocycles. The van der Waals surface area contributed by atoms with E-state index in [1.165, 1.54) is 0 Å². The van der Waals surface area contributed by atoms with E-state index < -0.39 is 0 Å². The van der Waals surface area contributed by atoms with Crippen molar-refractivity contribution in [3.05, 3.63) is 108 Å². The lowest BCUT2D eigenvalue weighted by Gasteiger charge is -2.15. The second-order valence-corrected chi connectivity index (χ2v) is 11.0. The molecule has 4 aromatic rings. The number of rotatable bonds is 18. The summed E-state index contributed by atoms with van der Waals surface area (Å²) in [5, 5.41) is 0. The summed E-state index contributed by atoms with van der Waals surface area (Å²) >= 11 is 0. The van der Waals surface area contributed by atoms with E-state index >= 15 is 0 Å². The summed E-state index contributed by atoms with van der Waals surface area (Å²) < 4.78 is 39.2. The first-order valence-corrected chi connectivity index (χ1v) is 15.5. The van der Waals surface area contributed by atoms with Gasteiger partial charge in [0.05, 0.1) is 37.8 Å². The molecule has 0 aromatic heterocycles. The molecule has 4 aromatic carbocycles. The van der Waals surface area contributed by atoms with Gasteiger partial charge in [-0.15, -0.1) is 0 Å². The minimum Gasteiger partial charge on any atom is -0.491 e. The van der Waals surface area contributed by atoms with Gasteiger partial charge in [0.25, 0.3) is 0 Å². The van der Waals surface area contributed by atoms with Crippen LogP contribution in [0.4, 0.5) is 11.4 Å². The van der Waals surface area contributed by atoms with Crippen molar-refractivity contribution in [2.45, 2.75) is 25.2 Å². The van der Waals surface area contributed by atoms with Gasteiger partial charge in [-0.2, -0.15) is 0 Å². The maximum Gasteiger partial charge on any atom is 0.119 e. The quantitative estimate of drug-likeness (QED) is 0.0701. The first-order valence-electron chi connectivity index (χ1n) is 15.5. The molecule has 2 heterocycles. The van der Waals surface area contributed by atoms with E-state index in [0.717, 1.165) is 58.7 Å². The molecule has 0 amide bonds. The third-order valence-electron chi connectivity index (χ3n) is 7.02. The number of nitrogens with zero attached hydrogens (tertiary/aromatic N) is 2. The monoisotopic (exact) mass is 622 g/mol. The van der Waals surface area contributed by atoms with E-state index in [1.807, 2.05) is 116 Å². The number of aliphatic imine (C=N–C) groups is 2. The summed E-state index contributed by atoms with van der Waals surface area (Å²) in [6.07, 6.45) is 4.03. The van der Waals surface area contributed by atoms with Crippen LogP contribution >= 0.6 is 0 Å². The zero-order valence-corrected chi connectivity index (χ0v) is 25.8. The fourth-order valence-corrected chi connectivity index (χ4v) is 4.28. The van der Waals surface area contributed by atoms with Crippen LogP contribution in [0.2, 0.25) is 0 Å². The Hall–Kier alpha value is -4.70. The third-order valence-corrected chi connectivity index (χ3v) is 7.02. The van der Waals surface area contributed by atoms with E-state index in [1.54, 1.807) is 0 Å². The predicted octanol–water partition coefficient (Wildman–Crippen LogP) is 6.61. The van der Waals surface area contributed by atoms with Gasteiger partial charge in [-0.3, -0.25) is 9.98 Å². The highest BCUT2D eigenvalue weighted by Crippen LogP contribution is 2.22. The lowest BCUT2D eigenvalue weighted by molar-refractivity contribution is 0.0432.